The first kappa shape index (κ1) is 18.3. The van der Waals surface area contributed by atoms with E-state index in [1.165, 1.54) is 12.8 Å². The largest absolute Gasteiger partial charge is 0.424 e. The molecule has 1 saturated heterocycles. The molecule has 0 radical (unpaired) electrons. The molecule has 4 rings (SSSR count). The van der Waals surface area contributed by atoms with Crippen LogP contribution in [0.15, 0.2) is 21.3 Å². The third kappa shape index (κ3) is 4.46. The molecule has 27 heavy (non-hydrogen) atoms. The Morgan fingerprint density at radius 2 is 1.85 bits per heavy atom. The van der Waals surface area contributed by atoms with Crippen molar-refractivity contribution in [2.75, 3.05) is 13.1 Å². The molecular formula is C20H29N5O2. The van der Waals surface area contributed by atoms with Crippen LogP contribution in [0.5, 0.6) is 0 Å². The Hall–Kier alpha value is -2.02. The summed E-state index contributed by atoms with van der Waals surface area (Å²) in [5.41, 5.74) is 0.897. The van der Waals surface area contributed by atoms with Crippen molar-refractivity contribution in [2.24, 2.45) is 5.92 Å². The monoisotopic (exact) mass is 371 g/mol. The van der Waals surface area contributed by atoms with E-state index in [-0.39, 0.29) is 11.0 Å². The van der Waals surface area contributed by atoms with Crippen LogP contribution in [0.2, 0.25) is 0 Å². The smallest absolute Gasteiger partial charge is 0.266 e. The molecule has 0 aromatic carbocycles. The van der Waals surface area contributed by atoms with Crippen LogP contribution >= 0.6 is 0 Å². The summed E-state index contributed by atoms with van der Waals surface area (Å²) in [6.45, 7) is 9.75. The topological polar surface area (TPSA) is 77.0 Å². The standard InChI is InChI=1S/C20H29N5O2/c1-20(2,3)16-6-7-18(26)25(23-16)12-14-8-10-24(11-9-14)13-17-21-22-19(27-17)15-4-5-15/h6-7,14-15H,4-5,8-13H2,1-3H3. The first-order valence-electron chi connectivity index (χ1n) is 10.0. The van der Waals surface area contributed by atoms with E-state index in [4.69, 9.17) is 4.42 Å². The molecule has 1 aliphatic heterocycles. The van der Waals surface area contributed by atoms with Crippen LogP contribution in [0.25, 0.3) is 0 Å². The number of piperidine rings is 1. The highest BCUT2D eigenvalue weighted by atomic mass is 16.4. The minimum Gasteiger partial charge on any atom is -0.424 e. The van der Waals surface area contributed by atoms with E-state index < -0.39 is 0 Å². The van der Waals surface area contributed by atoms with Gasteiger partial charge in [0.25, 0.3) is 5.56 Å². The lowest BCUT2D eigenvalue weighted by Gasteiger charge is -2.31. The Balaban J connectivity index is 1.32. The summed E-state index contributed by atoms with van der Waals surface area (Å²) < 4.78 is 7.43. The van der Waals surface area contributed by atoms with Crippen molar-refractivity contribution in [1.82, 2.24) is 24.9 Å². The molecule has 2 aromatic rings. The van der Waals surface area contributed by atoms with Crippen molar-refractivity contribution in [3.63, 3.8) is 0 Å². The first-order chi connectivity index (χ1) is 12.9. The third-order valence-corrected chi connectivity index (χ3v) is 5.54. The molecule has 1 saturated carbocycles. The van der Waals surface area contributed by atoms with Crippen molar-refractivity contribution in [3.8, 4) is 0 Å². The summed E-state index contributed by atoms with van der Waals surface area (Å²) in [6, 6.07) is 3.50. The molecule has 2 aromatic heterocycles. The van der Waals surface area contributed by atoms with Crippen molar-refractivity contribution in [1.29, 1.82) is 0 Å². The second kappa shape index (κ2) is 7.19. The molecule has 0 spiro atoms. The highest BCUT2D eigenvalue weighted by molar-refractivity contribution is 5.10. The third-order valence-electron chi connectivity index (χ3n) is 5.54. The van der Waals surface area contributed by atoms with Crippen LogP contribution in [-0.4, -0.2) is 38.0 Å². The Labute approximate surface area is 159 Å². The zero-order valence-corrected chi connectivity index (χ0v) is 16.5. The maximum Gasteiger partial charge on any atom is 0.266 e. The molecule has 0 N–H and O–H groups in total. The number of hydrogen-bond donors (Lipinski definition) is 0. The maximum atomic E-state index is 12.2. The van der Waals surface area contributed by atoms with Gasteiger partial charge < -0.3 is 4.42 Å². The van der Waals surface area contributed by atoms with Gasteiger partial charge in [-0.25, -0.2) is 4.68 Å². The summed E-state index contributed by atoms with van der Waals surface area (Å²) in [6.07, 6.45) is 4.46. The Bertz CT molecular complexity index is 839. The lowest BCUT2D eigenvalue weighted by Crippen LogP contribution is -2.37. The Morgan fingerprint density at radius 1 is 1.11 bits per heavy atom. The summed E-state index contributed by atoms with van der Waals surface area (Å²) >= 11 is 0. The van der Waals surface area contributed by atoms with Gasteiger partial charge in [0, 0.05) is 23.9 Å². The van der Waals surface area contributed by atoms with Gasteiger partial charge >= 0.3 is 0 Å². The Kier molecular flexibility index (Phi) is 4.88. The van der Waals surface area contributed by atoms with Crippen LogP contribution < -0.4 is 5.56 Å². The maximum absolute atomic E-state index is 12.2. The molecule has 0 unspecified atom stereocenters. The average molecular weight is 371 g/mol. The quantitative estimate of drug-likeness (QED) is 0.804. The molecule has 7 nitrogen and oxygen atoms in total. The fourth-order valence-electron chi connectivity index (χ4n) is 3.57. The highest BCUT2D eigenvalue weighted by Crippen LogP contribution is 2.39. The average Bonchev–Trinajstić information content (AvgIpc) is 3.37. The molecule has 146 valence electrons. The number of hydrogen-bond acceptors (Lipinski definition) is 6. The molecule has 2 fully saturated rings. The summed E-state index contributed by atoms with van der Waals surface area (Å²) in [7, 11) is 0. The van der Waals surface area contributed by atoms with Crippen LogP contribution in [0.1, 0.15) is 69.8 Å². The normalized spacial score (nSPS) is 19.5. The lowest BCUT2D eigenvalue weighted by molar-refractivity contribution is 0.151. The zero-order chi connectivity index (χ0) is 19.0. The predicted octanol–water partition coefficient (Wildman–Crippen LogP) is 2.71. The van der Waals surface area contributed by atoms with Crippen molar-refractivity contribution in [2.45, 2.75) is 70.9 Å². The van der Waals surface area contributed by atoms with E-state index in [1.807, 2.05) is 6.07 Å². The van der Waals surface area contributed by atoms with Gasteiger partial charge in [-0.05, 0) is 50.8 Å². The number of aromatic nitrogens is 4. The van der Waals surface area contributed by atoms with Crippen molar-refractivity contribution < 1.29 is 4.42 Å². The van der Waals surface area contributed by atoms with Gasteiger partial charge in [0.05, 0.1) is 12.2 Å². The molecule has 2 aliphatic rings. The molecule has 3 heterocycles. The molecular weight excluding hydrogens is 342 g/mol. The van der Waals surface area contributed by atoms with E-state index >= 15 is 0 Å². The molecule has 0 bridgehead atoms. The molecule has 0 atom stereocenters. The minimum absolute atomic E-state index is 0.0103. The summed E-state index contributed by atoms with van der Waals surface area (Å²) in [5, 5.41) is 13.0. The van der Waals surface area contributed by atoms with Crippen LogP contribution in [0.4, 0.5) is 0 Å². The zero-order valence-electron chi connectivity index (χ0n) is 16.5. The molecule has 1 aliphatic carbocycles. The van der Waals surface area contributed by atoms with Gasteiger partial charge in [-0.3, -0.25) is 9.69 Å². The predicted molar refractivity (Wildman–Crippen MR) is 101 cm³/mol. The van der Waals surface area contributed by atoms with Crippen LogP contribution in [0, 0.1) is 5.92 Å². The van der Waals surface area contributed by atoms with Gasteiger partial charge in [0.1, 0.15) is 0 Å². The van der Waals surface area contributed by atoms with Gasteiger partial charge in [-0.15, -0.1) is 10.2 Å². The Morgan fingerprint density at radius 3 is 2.52 bits per heavy atom. The van der Waals surface area contributed by atoms with Crippen LogP contribution in [-0.2, 0) is 18.5 Å². The minimum atomic E-state index is -0.0534. The SMILES string of the molecule is CC(C)(C)c1ccc(=O)n(CC2CCN(Cc3nnc(C4CC4)o3)CC2)n1. The second-order valence-corrected chi connectivity index (χ2v) is 9.02. The summed E-state index contributed by atoms with van der Waals surface area (Å²) in [5.74, 6) is 2.52. The van der Waals surface area contributed by atoms with Gasteiger partial charge in [-0.2, -0.15) is 5.10 Å². The fraction of sp³-hybridized carbons (Fsp3) is 0.700. The second-order valence-electron chi connectivity index (χ2n) is 9.02. The summed E-state index contributed by atoms with van der Waals surface area (Å²) in [4.78, 5) is 14.6. The van der Waals surface area contributed by atoms with Crippen molar-refractivity contribution >= 4 is 0 Å². The number of nitrogens with zero attached hydrogens (tertiary/aromatic N) is 5. The van der Waals surface area contributed by atoms with Gasteiger partial charge in [0.2, 0.25) is 11.8 Å². The molecule has 7 heteroatoms. The van der Waals surface area contributed by atoms with E-state index in [0.29, 0.717) is 18.4 Å². The van der Waals surface area contributed by atoms with Crippen molar-refractivity contribution in [3.05, 3.63) is 40.0 Å². The number of likely N-dealkylation sites (tertiary alicyclic amines) is 1. The van der Waals surface area contributed by atoms with Gasteiger partial charge in [-0.1, -0.05) is 20.8 Å². The van der Waals surface area contributed by atoms with Gasteiger partial charge in [0.15, 0.2) is 0 Å². The lowest BCUT2D eigenvalue weighted by atomic mass is 9.92. The van der Waals surface area contributed by atoms with E-state index in [0.717, 1.165) is 50.0 Å². The fourth-order valence-corrected chi connectivity index (χ4v) is 3.57. The highest BCUT2D eigenvalue weighted by Gasteiger charge is 2.30. The van der Waals surface area contributed by atoms with E-state index in [9.17, 15) is 4.79 Å². The first-order valence-corrected chi connectivity index (χ1v) is 10.0. The van der Waals surface area contributed by atoms with E-state index in [1.54, 1.807) is 10.7 Å². The van der Waals surface area contributed by atoms with E-state index in [2.05, 4.69) is 41.0 Å². The number of rotatable bonds is 5. The van der Waals surface area contributed by atoms with Crippen LogP contribution in [0.3, 0.4) is 0 Å². The molecule has 0 amide bonds.